The predicted octanol–water partition coefficient (Wildman–Crippen LogP) is 2.33. The minimum Gasteiger partial charge on any atom is -0.340 e. The van der Waals surface area contributed by atoms with Crippen LogP contribution in [0.25, 0.3) is 0 Å². The fourth-order valence-corrected chi connectivity index (χ4v) is 3.38. The van der Waals surface area contributed by atoms with Gasteiger partial charge in [-0.15, -0.1) is 11.3 Å². The molecule has 0 spiro atoms. The van der Waals surface area contributed by atoms with Crippen molar-refractivity contribution in [3.05, 3.63) is 22.4 Å². The summed E-state index contributed by atoms with van der Waals surface area (Å²) in [6.07, 6.45) is 1.25. The summed E-state index contributed by atoms with van der Waals surface area (Å²) in [4.78, 5) is 27.5. The monoisotopic (exact) mass is 280 g/mol. The van der Waals surface area contributed by atoms with Gasteiger partial charge in [-0.2, -0.15) is 0 Å². The number of thiophene rings is 1. The summed E-state index contributed by atoms with van der Waals surface area (Å²) < 4.78 is 0. The molecule has 0 saturated carbocycles. The molecular formula is C14H20N2O2S. The molecule has 1 aliphatic rings. The van der Waals surface area contributed by atoms with Crippen LogP contribution in [0.5, 0.6) is 0 Å². The van der Waals surface area contributed by atoms with Crippen molar-refractivity contribution in [3.8, 4) is 0 Å². The zero-order valence-electron chi connectivity index (χ0n) is 11.6. The lowest BCUT2D eigenvalue weighted by molar-refractivity contribution is -0.152. The van der Waals surface area contributed by atoms with Crippen LogP contribution in [0.2, 0.25) is 0 Å². The van der Waals surface area contributed by atoms with Crippen molar-refractivity contribution in [1.82, 2.24) is 10.2 Å². The number of hydrogen-bond acceptors (Lipinski definition) is 3. The first-order valence-corrected chi connectivity index (χ1v) is 7.57. The Balaban J connectivity index is 2.30. The van der Waals surface area contributed by atoms with Gasteiger partial charge in [0.1, 0.15) is 12.1 Å². The molecule has 104 valence electrons. The lowest BCUT2D eigenvalue weighted by atomic mass is 9.88. The Morgan fingerprint density at radius 1 is 1.42 bits per heavy atom. The van der Waals surface area contributed by atoms with Gasteiger partial charge >= 0.3 is 0 Å². The number of hydrogen-bond donors (Lipinski definition) is 1. The van der Waals surface area contributed by atoms with Gasteiger partial charge in [-0.1, -0.05) is 19.9 Å². The standard InChI is InChI=1S/C14H20N2O2S/c1-4-14(5-2)13(18)16(9-12(17)15-14)10(3)11-7-6-8-19-11/h6-8,10H,4-5,9H2,1-3H3,(H,15,17). The molecule has 0 aromatic carbocycles. The van der Waals surface area contributed by atoms with Gasteiger partial charge in [-0.25, -0.2) is 0 Å². The lowest BCUT2D eigenvalue weighted by Crippen LogP contribution is -2.66. The van der Waals surface area contributed by atoms with Crippen molar-refractivity contribution in [2.45, 2.75) is 45.2 Å². The van der Waals surface area contributed by atoms with Crippen molar-refractivity contribution in [1.29, 1.82) is 0 Å². The minimum atomic E-state index is -0.721. The van der Waals surface area contributed by atoms with E-state index in [1.54, 1.807) is 16.2 Å². The molecule has 0 aliphatic carbocycles. The second kappa shape index (κ2) is 5.33. The molecule has 1 aliphatic heterocycles. The Morgan fingerprint density at radius 2 is 2.11 bits per heavy atom. The third-order valence-electron chi connectivity index (χ3n) is 3.99. The summed E-state index contributed by atoms with van der Waals surface area (Å²) >= 11 is 1.62. The second-order valence-corrected chi connectivity index (χ2v) is 5.94. The van der Waals surface area contributed by atoms with E-state index < -0.39 is 5.54 Å². The van der Waals surface area contributed by atoms with E-state index in [9.17, 15) is 9.59 Å². The van der Waals surface area contributed by atoms with Crippen LogP contribution < -0.4 is 5.32 Å². The van der Waals surface area contributed by atoms with E-state index in [1.807, 2.05) is 38.3 Å². The van der Waals surface area contributed by atoms with Gasteiger partial charge in [0.05, 0.1) is 6.04 Å². The summed E-state index contributed by atoms with van der Waals surface area (Å²) in [5, 5.41) is 4.88. The Bertz CT molecular complexity index is 466. The van der Waals surface area contributed by atoms with Gasteiger partial charge in [-0.3, -0.25) is 9.59 Å². The van der Waals surface area contributed by atoms with E-state index >= 15 is 0 Å². The number of piperazine rings is 1. The van der Waals surface area contributed by atoms with Crippen LogP contribution in [0, 0.1) is 0 Å². The van der Waals surface area contributed by atoms with Gasteiger partial charge in [0, 0.05) is 4.88 Å². The zero-order chi connectivity index (χ0) is 14.0. The Kier molecular flexibility index (Phi) is 3.94. The van der Waals surface area contributed by atoms with Crippen LogP contribution in [-0.4, -0.2) is 28.8 Å². The fourth-order valence-electron chi connectivity index (χ4n) is 2.59. The summed E-state index contributed by atoms with van der Waals surface area (Å²) in [7, 11) is 0. The van der Waals surface area contributed by atoms with Gasteiger partial charge in [0.15, 0.2) is 0 Å². The van der Waals surface area contributed by atoms with E-state index in [0.717, 1.165) is 4.88 Å². The average molecular weight is 280 g/mol. The molecule has 0 radical (unpaired) electrons. The molecule has 4 nitrogen and oxygen atoms in total. The molecule has 1 saturated heterocycles. The highest BCUT2D eigenvalue weighted by atomic mass is 32.1. The quantitative estimate of drug-likeness (QED) is 0.920. The number of carbonyl (C=O) groups excluding carboxylic acids is 2. The van der Waals surface area contributed by atoms with Crippen LogP contribution in [0.3, 0.4) is 0 Å². The van der Waals surface area contributed by atoms with Crippen molar-refractivity contribution < 1.29 is 9.59 Å². The van der Waals surface area contributed by atoms with Gasteiger partial charge in [0.25, 0.3) is 0 Å². The number of nitrogens with zero attached hydrogens (tertiary/aromatic N) is 1. The maximum atomic E-state index is 12.7. The molecule has 0 bridgehead atoms. The number of nitrogens with one attached hydrogen (secondary N) is 1. The van der Waals surface area contributed by atoms with Crippen LogP contribution in [-0.2, 0) is 9.59 Å². The van der Waals surface area contributed by atoms with E-state index in [-0.39, 0.29) is 24.4 Å². The Morgan fingerprint density at radius 3 is 2.63 bits per heavy atom. The van der Waals surface area contributed by atoms with E-state index in [2.05, 4.69) is 5.32 Å². The predicted molar refractivity (Wildman–Crippen MR) is 75.9 cm³/mol. The Labute approximate surface area is 117 Å². The van der Waals surface area contributed by atoms with Crippen LogP contribution in [0.4, 0.5) is 0 Å². The van der Waals surface area contributed by atoms with Crippen LogP contribution >= 0.6 is 11.3 Å². The first-order valence-electron chi connectivity index (χ1n) is 6.69. The van der Waals surface area contributed by atoms with Gasteiger partial charge in [-0.05, 0) is 31.2 Å². The minimum absolute atomic E-state index is 0.0398. The third kappa shape index (κ3) is 2.39. The smallest absolute Gasteiger partial charge is 0.249 e. The van der Waals surface area contributed by atoms with Crippen molar-refractivity contribution in [2.24, 2.45) is 0 Å². The van der Waals surface area contributed by atoms with Crippen LogP contribution in [0.1, 0.15) is 44.5 Å². The average Bonchev–Trinajstić information content (AvgIpc) is 2.94. The van der Waals surface area contributed by atoms with E-state index in [1.165, 1.54) is 0 Å². The van der Waals surface area contributed by atoms with Crippen molar-refractivity contribution in [3.63, 3.8) is 0 Å². The molecule has 19 heavy (non-hydrogen) atoms. The second-order valence-electron chi connectivity index (χ2n) is 4.96. The van der Waals surface area contributed by atoms with Gasteiger partial charge < -0.3 is 10.2 Å². The number of rotatable bonds is 4. The molecule has 1 atom stereocenters. The van der Waals surface area contributed by atoms with Gasteiger partial charge in [0.2, 0.25) is 11.8 Å². The molecule has 2 amide bonds. The molecule has 2 rings (SSSR count). The maximum Gasteiger partial charge on any atom is 0.249 e. The zero-order valence-corrected chi connectivity index (χ0v) is 12.4. The molecular weight excluding hydrogens is 260 g/mol. The first kappa shape index (κ1) is 14.1. The first-order chi connectivity index (χ1) is 9.04. The van der Waals surface area contributed by atoms with Crippen molar-refractivity contribution >= 4 is 23.2 Å². The highest BCUT2D eigenvalue weighted by molar-refractivity contribution is 7.10. The van der Waals surface area contributed by atoms with Crippen molar-refractivity contribution in [2.75, 3.05) is 6.54 Å². The molecule has 2 heterocycles. The Hall–Kier alpha value is -1.36. The summed E-state index contributed by atoms with van der Waals surface area (Å²) in [5.74, 6) is -0.0234. The van der Waals surface area contributed by atoms with E-state index in [4.69, 9.17) is 0 Å². The molecule has 1 unspecified atom stereocenters. The third-order valence-corrected chi connectivity index (χ3v) is 5.04. The number of amides is 2. The molecule has 5 heteroatoms. The largest absolute Gasteiger partial charge is 0.340 e. The number of carbonyl (C=O) groups is 2. The summed E-state index contributed by atoms with van der Waals surface area (Å²) in [6, 6.07) is 3.93. The summed E-state index contributed by atoms with van der Waals surface area (Å²) in [6.45, 7) is 6.03. The highest BCUT2D eigenvalue weighted by Crippen LogP contribution is 2.30. The van der Waals surface area contributed by atoms with Crippen LogP contribution in [0.15, 0.2) is 17.5 Å². The molecule has 1 aromatic heterocycles. The summed E-state index contributed by atoms with van der Waals surface area (Å²) in [5.41, 5.74) is -0.721. The van der Waals surface area contributed by atoms with E-state index in [0.29, 0.717) is 12.8 Å². The normalized spacial score (nSPS) is 20.3. The fraction of sp³-hybridized carbons (Fsp3) is 0.571. The highest BCUT2D eigenvalue weighted by Gasteiger charge is 2.45. The molecule has 1 fully saturated rings. The lowest BCUT2D eigenvalue weighted by Gasteiger charge is -2.43. The topological polar surface area (TPSA) is 49.4 Å². The maximum absolute atomic E-state index is 12.7. The molecule has 1 aromatic rings. The molecule has 1 N–H and O–H groups in total. The SMILES string of the molecule is CCC1(CC)NC(=O)CN(C(C)c2cccs2)C1=O.